The lowest BCUT2D eigenvalue weighted by Crippen LogP contribution is -2.49. The minimum absolute atomic E-state index is 0.0325. The number of hydrazine groups is 1. The molecule has 1 atom stereocenters. The number of urea groups is 1. The molecule has 0 radical (unpaired) electrons. The third-order valence-electron chi connectivity index (χ3n) is 5.20. The number of hydrogen-bond acceptors (Lipinski definition) is 5. The van der Waals surface area contributed by atoms with Crippen molar-refractivity contribution in [2.75, 3.05) is 11.9 Å². The van der Waals surface area contributed by atoms with Crippen molar-refractivity contribution in [3.8, 4) is 5.75 Å². The summed E-state index contributed by atoms with van der Waals surface area (Å²) in [6.07, 6.45) is 1.79. The molecule has 5 amide bonds. The number of nitrogens with zero attached hydrogens (tertiary/aromatic N) is 1. The minimum Gasteiger partial charge on any atom is -0.484 e. The molecule has 1 aliphatic heterocycles. The fraction of sp³-hybridized carbons (Fsp3) is 0.273. The minimum atomic E-state index is -1.28. The topological polar surface area (TPSA) is 117 Å². The normalized spacial score (nSPS) is 20.2. The first kappa shape index (κ1) is 20.4. The Hall–Kier alpha value is -3.88. The lowest BCUT2D eigenvalue weighted by molar-refractivity contribution is -0.139. The van der Waals surface area contributed by atoms with Crippen molar-refractivity contribution < 1.29 is 23.9 Å². The largest absolute Gasteiger partial charge is 0.484 e. The van der Waals surface area contributed by atoms with Gasteiger partial charge < -0.3 is 15.4 Å². The monoisotopic (exact) mass is 422 g/mol. The van der Waals surface area contributed by atoms with Gasteiger partial charge in [0, 0.05) is 17.7 Å². The van der Waals surface area contributed by atoms with Gasteiger partial charge in [-0.2, -0.15) is 5.01 Å². The maximum atomic E-state index is 12.8. The summed E-state index contributed by atoms with van der Waals surface area (Å²) in [5.41, 5.74) is 2.18. The van der Waals surface area contributed by atoms with Crippen molar-refractivity contribution in [1.82, 2.24) is 15.8 Å². The third kappa shape index (κ3) is 4.35. The number of rotatable bonds is 7. The molecular formula is C22H22N4O5. The van der Waals surface area contributed by atoms with E-state index in [2.05, 4.69) is 16.1 Å². The predicted octanol–water partition coefficient (Wildman–Crippen LogP) is 1.91. The van der Waals surface area contributed by atoms with Crippen LogP contribution in [0.2, 0.25) is 0 Å². The van der Waals surface area contributed by atoms with E-state index in [0.29, 0.717) is 22.0 Å². The average molecular weight is 422 g/mol. The van der Waals surface area contributed by atoms with Gasteiger partial charge in [-0.05, 0) is 37.5 Å². The van der Waals surface area contributed by atoms with Gasteiger partial charge in [0.2, 0.25) is 5.91 Å². The van der Waals surface area contributed by atoms with Gasteiger partial charge in [-0.1, -0.05) is 36.4 Å². The molecule has 9 heteroatoms. The Balaban J connectivity index is 1.34. The molecular weight excluding hydrogens is 400 g/mol. The zero-order chi connectivity index (χ0) is 22.0. The Labute approximate surface area is 178 Å². The van der Waals surface area contributed by atoms with E-state index < -0.39 is 30.0 Å². The summed E-state index contributed by atoms with van der Waals surface area (Å²) >= 11 is 0. The first-order chi connectivity index (χ1) is 14.9. The molecule has 1 unspecified atom stereocenters. The summed E-state index contributed by atoms with van der Waals surface area (Å²) in [4.78, 5) is 49.3. The van der Waals surface area contributed by atoms with E-state index >= 15 is 0 Å². The molecule has 0 bridgehead atoms. The highest BCUT2D eigenvalue weighted by atomic mass is 16.5. The fourth-order valence-corrected chi connectivity index (χ4v) is 3.27. The number of nitrogens with one attached hydrogen (secondary N) is 3. The maximum Gasteiger partial charge on any atom is 0.344 e. The van der Waals surface area contributed by atoms with Gasteiger partial charge in [0.15, 0.2) is 6.61 Å². The molecule has 0 spiro atoms. The van der Waals surface area contributed by atoms with E-state index in [0.717, 1.165) is 12.8 Å². The van der Waals surface area contributed by atoms with Gasteiger partial charge >= 0.3 is 6.03 Å². The third-order valence-corrected chi connectivity index (χ3v) is 5.20. The molecule has 1 aliphatic carbocycles. The van der Waals surface area contributed by atoms with Gasteiger partial charge in [0.1, 0.15) is 11.3 Å². The number of benzene rings is 2. The lowest BCUT2D eigenvalue weighted by atomic mass is 9.92. The second kappa shape index (κ2) is 8.10. The van der Waals surface area contributed by atoms with Crippen molar-refractivity contribution in [3.05, 3.63) is 60.2 Å². The molecule has 2 aromatic carbocycles. The average Bonchev–Trinajstić information content (AvgIpc) is 3.59. The predicted molar refractivity (Wildman–Crippen MR) is 111 cm³/mol. The smallest absolute Gasteiger partial charge is 0.344 e. The Bertz CT molecular complexity index is 1040. The SMILES string of the molecule is CC1(c2ccccc2)NC(=O)N(NC(=O)COc2cccc(NC(=O)C3CC3)c2)C1=O. The lowest BCUT2D eigenvalue weighted by Gasteiger charge is -2.22. The second-order valence-corrected chi connectivity index (χ2v) is 7.68. The molecule has 2 fully saturated rings. The van der Waals surface area contributed by atoms with Crippen LogP contribution < -0.4 is 20.8 Å². The van der Waals surface area contributed by atoms with Crippen LogP contribution in [0.1, 0.15) is 25.3 Å². The van der Waals surface area contributed by atoms with Crippen LogP contribution in [0.3, 0.4) is 0 Å². The molecule has 4 rings (SSSR count). The highest BCUT2D eigenvalue weighted by Crippen LogP contribution is 2.30. The molecule has 0 aromatic heterocycles. The molecule has 2 aromatic rings. The Morgan fingerprint density at radius 1 is 1.13 bits per heavy atom. The number of imide groups is 1. The number of anilines is 1. The van der Waals surface area contributed by atoms with Gasteiger partial charge in [-0.3, -0.25) is 19.8 Å². The van der Waals surface area contributed by atoms with Crippen molar-refractivity contribution in [1.29, 1.82) is 0 Å². The van der Waals surface area contributed by atoms with Crippen molar-refractivity contribution in [2.24, 2.45) is 5.92 Å². The highest BCUT2D eigenvalue weighted by Gasteiger charge is 2.50. The van der Waals surface area contributed by atoms with Crippen LogP contribution in [0.4, 0.5) is 10.5 Å². The fourth-order valence-electron chi connectivity index (χ4n) is 3.27. The standard InChI is InChI=1S/C22H22N4O5/c1-22(15-6-3-2-4-7-15)20(29)26(21(30)24-22)25-18(27)13-31-17-9-5-8-16(12-17)23-19(28)14-10-11-14/h2-9,12,14H,10-11,13H2,1H3,(H,23,28)(H,24,30)(H,25,27). The van der Waals surface area contributed by atoms with Crippen LogP contribution in [0, 0.1) is 5.92 Å². The summed E-state index contributed by atoms with van der Waals surface area (Å²) in [7, 11) is 0. The van der Waals surface area contributed by atoms with Crippen LogP contribution in [0.25, 0.3) is 0 Å². The Kier molecular flexibility index (Phi) is 5.33. The number of carbonyl (C=O) groups excluding carboxylic acids is 4. The summed E-state index contributed by atoms with van der Waals surface area (Å²) in [6, 6.07) is 14.7. The Morgan fingerprint density at radius 2 is 1.87 bits per heavy atom. The zero-order valence-electron chi connectivity index (χ0n) is 16.9. The Morgan fingerprint density at radius 3 is 2.58 bits per heavy atom. The number of ether oxygens (including phenoxy) is 1. The van der Waals surface area contributed by atoms with E-state index in [-0.39, 0.29) is 11.8 Å². The summed E-state index contributed by atoms with van der Waals surface area (Å²) in [5.74, 6) is -0.860. The van der Waals surface area contributed by atoms with E-state index in [1.807, 2.05) is 0 Å². The molecule has 160 valence electrons. The quantitative estimate of drug-likeness (QED) is 0.590. The van der Waals surface area contributed by atoms with Gasteiger partial charge in [-0.25, -0.2) is 4.79 Å². The van der Waals surface area contributed by atoms with Crippen molar-refractivity contribution in [2.45, 2.75) is 25.3 Å². The summed E-state index contributed by atoms with van der Waals surface area (Å²) in [6.45, 7) is 1.16. The molecule has 9 nitrogen and oxygen atoms in total. The highest BCUT2D eigenvalue weighted by molar-refractivity contribution is 6.08. The van der Waals surface area contributed by atoms with E-state index in [1.54, 1.807) is 61.5 Å². The molecule has 1 saturated carbocycles. The van der Waals surface area contributed by atoms with Crippen LogP contribution >= 0.6 is 0 Å². The van der Waals surface area contributed by atoms with E-state index in [9.17, 15) is 19.2 Å². The second-order valence-electron chi connectivity index (χ2n) is 7.68. The van der Waals surface area contributed by atoms with Gasteiger partial charge in [0.25, 0.3) is 11.8 Å². The summed E-state index contributed by atoms with van der Waals surface area (Å²) < 4.78 is 5.45. The van der Waals surface area contributed by atoms with E-state index in [4.69, 9.17) is 4.74 Å². The summed E-state index contributed by atoms with van der Waals surface area (Å²) in [5, 5.41) is 6.07. The van der Waals surface area contributed by atoms with Gasteiger partial charge in [-0.15, -0.1) is 0 Å². The van der Waals surface area contributed by atoms with Crippen molar-refractivity contribution in [3.63, 3.8) is 0 Å². The molecule has 2 aliphatic rings. The number of carbonyl (C=O) groups is 4. The van der Waals surface area contributed by atoms with Crippen LogP contribution in [0.5, 0.6) is 5.75 Å². The number of amides is 5. The molecule has 3 N–H and O–H groups in total. The molecule has 1 saturated heterocycles. The van der Waals surface area contributed by atoms with Crippen LogP contribution in [0.15, 0.2) is 54.6 Å². The number of hydrogen-bond donors (Lipinski definition) is 3. The first-order valence-corrected chi connectivity index (χ1v) is 9.92. The van der Waals surface area contributed by atoms with Crippen LogP contribution in [-0.2, 0) is 19.9 Å². The van der Waals surface area contributed by atoms with Gasteiger partial charge in [0.05, 0.1) is 0 Å². The molecule has 31 heavy (non-hydrogen) atoms. The van der Waals surface area contributed by atoms with Crippen LogP contribution in [-0.4, -0.2) is 35.4 Å². The maximum absolute atomic E-state index is 12.8. The van der Waals surface area contributed by atoms with Crippen molar-refractivity contribution >= 4 is 29.4 Å². The first-order valence-electron chi connectivity index (χ1n) is 9.92. The molecule has 1 heterocycles. The zero-order valence-corrected chi connectivity index (χ0v) is 16.9. The van der Waals surface area contributed by atoms with E-state index in [1.165, 1.54) is 0 Å².